The lowest BCUT2D eigenvalue weighted by Gasteiger charge is -2.29. The molecule has 0 aromatic heterocycles. The molecule has 1 aliphatic heterocycles. The van der Waals surface area contributed by atoms with Crippen LogP contribution in [0.4, 0.5) is 0 Å². The number of nitrogens with one attached hydrogen (secondary N) is 1. The molecule has 0 amide bonds. The molecule has 2 atom stereocenters. The summed E-state index contributed by atoms with van der Waals surface area (Å²) in [6.45, 7) is 3.95. The summed E-state index contributed by atoms with van der Waals surface area (Å²) in [6.07, 6.45) is 2.16. The smallest absolute Gasteiger partial charge is 0.310 e. The Balaban J connectivity index is 2.52. The van der Waals surface area contributed by atoms with Crippen LogP contribution in [-0.2, 0) is 9.53 Å². The summed E-state index contributed by atoms with van der Waals surface area (Å²) < 4.78 is 4.74. The minimum absolute atomic E-state index is 0.0611. The first kappa shape index (κ1) is 9.52. The van der Waals surface area contributed by atoms with E-state index in [-0.39, 0.29) is 11.9 Å². The van der Waals surface area contributed by atoms with Crippen molar-refractivity contribution in [2.45, 2.75) is 19.8 Å². The molecule has 0 aliphatic carbocycles. The van der Waals surface area contributed by atoms with Gasteiger partial charge in [-0.1, -0.05) is 13.3 Å². The second-order valence-electron chi connectivity index (χ2n) is 3.29. The van der Waals surface area contributed by atoms with E-state index in [4.69, 9.17) is 4.74 Å². The van der Waals surface area contributed by atoms with Crippen molar-refractivity contribution >= 4 is 5.97 Å². The van der Waals surface area contributed by atoms with E-state index in [0.717, 1.165) is 25.9 Å². The zero-order valence-electron chi connectivity index (χ0n) is 7.80. The first-order chi connectivity index (χ1) is 5.79. The summed E-state index contributed by atoms with van der Waals surface area (Å²) in [4.78, 5) is 11.3. The quantitative estimate of drug-likeness (QED) is 0.624. The third-order valence-corrected chi connectivity index (χ3v) is 2.65. The Hall–Kier alpha value is -0.570. The van der Waals surface area contributed by atoms with Crippen LogP contribution < -0.4 is 5.32 Å². The fourth-order valence-electron chi connectivity index (χ4n) is 1.83. The number of carbonyl (C=O) groups is 1. The Morgan fingerprint density at radius 3 is 3.00 bits per heavy atom. The molecule has 1 heterocycles. The fraction of sp³-hybridized carbons (Fsp3) is 0.889. The van der Waals surface area contributed by atoms with E-state index in [1.807, 2.05) is 0 Å². The van der Waals surface area contributed by atoms with Crippen molar-refractivity contribution < 1.29 is 9.53 Å². The number of hydrogen-bond donors (Lipinski definition) is 1. The normalized spacial score (nSPS) is 29.8. The molecule has 3 nitrogen and oxygen atoms in total. The van der Waals surface area contributed by atoms with E-state index < -0.39 is 0 Å². The van der Waals surface area contributed by atoms with Crippen molar-refractivity contribution in [1.82, 2.24) is 5.32 Å². The summed E-state index contributed by atoms with van der Waals surface area (Å²) in [5, 5.41) is 3.21. The number of methoxy groups -OCH3 is 1. The molecule has 0 aromatic carbocycles. The van der Waals surface area contributed by atoms with Crippen molar-refractivity contribution in [3.8, 4) is 0 Å². The van der Waals surface area contributed by atoms with Gasteiger partial charge < -0.3 is 10.1 Å². The highest BCUT2D eigenvalue weighted by Gasteiger charge is 2.29. The first-order valence-corrected chi connectivity index (χ1v) is 4.58. The van der Waals surface area contributed by atoms with Crippen LogP contribution in [0.1, 0.15) is 19.8 Å². The molecule has 1 saturated heterocycles. The van der Waals surface area contributed by atoms with E-state index in [1.54, 1.807) is 0 Å². The van der Waals surface area contributed by atoms with Crippen molar-refractivity contribution in [1.29, 1.82) is 0 Å². The number of ether oxygens (including phenoxy) is 1. The molecule has 1 rings (SSSR count). The van der Waals surface area contributed by atoms with Gasteiger partial charge in [-0.05, 0) is 18.9 Å². The number of piperidine rings is 1. The Morgan fingerprint density at radius 2 is 2.42 bits per heavy atom. The van der Waals surface area contributed by atoms with Crippen molar-refractivity contribution in [2.24, 2.45) is 11.8 Å². The Kier molecular flexibility index (Phi) is 3.53. The zero-order valence-corrected chi connectivity index (χ0v) is 7.80. The van der Waals surface area contributed by atoms with E-state index in [2.05, 4.69) is 12.2 Å². The van der Waals surface area contributed by atoms with Gasteiger partial charge in [-0.25, -0.2) is 0 Å². The second kappa shape index (κ2) is 4.45. The lowest BCUT2D eigenvalue weighted by Crippen LogP contribution is -2.41. The predicted molar refractivity (Wildman–Crippen MR) is 46.8 cm³/mol. The summed E-state index contributed by atoms with van der Waals surface area (Å²) in [7, 11) is 1.46. The molecular formula is C9H17NO2. The maximum atomic E-state index is 11.3. The van der Waals surface area contributed by atoms with Crippen molar-refractivity contribution in [3.05, 3.63) is 0 Å². The average Bonchev–Trinajstić information content (AvgIpc) is 2.16. The van der Waals surface area contributed by atoms with E-state index in [1.165, 1.54) is 7.11 Å². The van der Waals surface area contributed by atoms with Gasteiger partial charge in [0.05, 0.1) is 13.0 Å². The Morgan fingerprint density at radius 1 is 1.67 bits per heavy atom. The molecule has 0 spiro atoms. The van der Waals surface area contributed by atoms with E-state index in [9.17, 15) is 4.79 Å². The molecule has 0 saturated carbocycles. The third-order valence-electron chi connectivity index (χ3n) is 2.65. The standard InChI is InChI=1S/C9H17NO2/c1-3-7-4-5-10-6-8(7)9(11)12-2/h7-8,10H,3-6H2,1-2H3/t7-,8-/m0/s1. The van der Waals surface area contributed by atoms with Crippen LogP contribution in [0.5, 0.6) is 0 Å². The first-order valence-electron chi connectivity index (χ1n) is 4.58. The molecule has 12 heavy (non-hydrogen) atoms. The third kappa shape index (κ3) is 1.97. The SMILES string of the molecule is CC[C@H]1CCNC[C@@H]1C(=O)OC. The number of esters is 1. The number of hydrogen-bond acceptors (Lipinski definition) is 3. The second-order valence-corrected chi connectivity index (χ2v) is 3.29. The minimum atomic E-state index is -0.0611. The van der Waals surface area contributed by atoms with Crippen LogP contribution in [0.15, 0.2) is 0 Å². The predicted octanol–water partition coefficient (Wildman–Crippen LogP) is 0.795. The summed E-state index contributed by atoms with van der Waals surface area (Å²) in [6, 6.07) is 0. The summed E-state index contributed by atoms with van der Waals surface area (Å²) in [5.74, 6) is 0.529. The van der Waals surface area contributed by atoms with Crippen LogP contribution in [-0.4, -0.2) is 26.2 Å². The molecule has 70 valence electrons. The van der Waals surface area contributed by atoms with Gasteiger partial charge in [-0.15, -0.1) is 0 Å². The van der Waals surface area contributed by atoms with E-state index in [0.29, 0.717) is 5.92 Å². The van der Waals surface area contributed by atoms with Crippen molar-refractivity contribution in [2.75, 3.05) is 20.2 Å². The van der Waals surface area contributed by atoms with Gasteiger partial charge in [0.15, 0.2) is 0 Å². The van der Waals surface area contributed by atoms with Gasteiger partial charge in [0.2, 0.25) is 0 Å². The molecular weight excluding hydrogens is 154 g/mol. The molecule has 0 unspecified atom stereocenters. The highest BCUT2D eigenvalue weighted by Crippen LogP contribution is 2.23. The van der Waals surface area contributed by atoms with Crippen LogP contribution in [0, 0.1) is 11.8 Å². The maximum absolute atomic E-state index is 11.3. The molecule has 3 heteroatoms. The Labute approximate surface area is 73.5 Å². The largest absolute Gasteiger partial charge is 0.469 e. The minimum Gasteiger partial charge on any atom is -0.469 e. The maximum Gasteiger partial charge on any atom is 0.310 e. The van der Waals surface area contributed by atoms with Crippen LogP contribution in [0.3, 0.4) is 0 Å². The number of carbonyl (C=O) groups excluding carboxylic acids is 1. The van der Waals surface area contributed by atoms with Crippen LogP contribution in [0.25, 0.3) is 0 Å². The molecule has 0 radical (unpaired) electrons. The van der Waals surface area contributed by atoms with Gasteiger partial charge in [0.1, 0.15) is 0 Å². The molecule has 1 fully saturated rings. The van der Waals surface area contributed by atoms with Gasteiger partial charge in [-0.2, -0.15) is 0 Å². The zero-order chi connectivity index (χ0) is 8.97. The lowest BCUT2D eigenvalue weighted by atomic mass is 9.85. The molecule has 1 aliphatic rings. The highest BCUT2D eigenvalue weighted by molar-refractivity contribution is 5.73. The molecule has 0 bridgehead atoms. The highest BCUT2D eigenvalue weighted by atomic mass is 16.5. The van der Waals surface area contributed by atoms with E-state index >= 15 is 0 Å². The van der Waals surface area contributed by atoms with Crippen LogP contribution >= 0.6 is 0 Å². The van der Waals surface area contributed by atoms with Gasteiger partial charge in [0.25, 0.3) is 0 Å². The number of rotatable bonds is 2. The fourth-order valence-corrected chi connectivity index (χ4v) is 1.83. The van der Waals surface area contributed by atoms with Crippen molar-refractivity contribution in [3.63, 3.8) is 0 Å². The molecule has 1 N–H and O–H groups in total. The monoisotopic (exact) mass is 171 g/mol. The summed E-state index contributed by atoms with van der Waals surface area (Å²) >= 11 is 0. The summed E-state index contributed by atoms with van der Waals surface area (Å²) in [5.41, 5.74) is 0. The van der Waals surface area contributed by atoms with Crippen LogP contribution in [0.2, 0.25) is 0 Å². The lowest BCUT2D eigenvalue weighted by molar-refractivity contribution is -0.148. The molecule has 0 aromatic rings. The van der Waals surface area contributed by atoms with Gasteiger partial charge in [0, 0.05) is 6.54 Å². The van der Waals surface area contributed by atoms with Gasteiger partial charge in [-0.3, -0.25) is 4.79 Å². The average molecular weight is 171 g/mol. The Bertz CT molecular complexity index is 159. The topological polar surface area (TPSA) is 38.3 Å². The van der Waals surface area contributed by atoms with Gasteiger partial charge >= 0.3 is 5.97 Å².